The van der Waals surface area contributed by atoms with Crippen molar-refractivity contribution in [2.75, 3.05) is 17.7 Å². The van der Waals surface area contributed by atoms with E-state index in [0.717, 1.165) is 11.3 Å². The minimum absolute atomic E-state index is 0.0604. The summed E-state index contributed by atoms with van der Waals surface area (Å²) >= 11 is 0. The largest absolute Gasteiger partial charge is 0.495 e. The number of hydrogen-bond acceptors (Lipinski definition) is 3. The standard InChI is InChI=1S/C18H18N2O3/c1-18(2)12-10-11(8-9-13(12)20-17(18)22)16(21)19-14-6-4-5-7-15(14)23-3/h4-10H,1-3H3,(H,19,21)(H,20,22). The van der Waals surface area contributed by atoms with Gasteiger partial charge in [-0.25, -0.2) is 0 Å². The molecule has 2 amide bonds. The lowest BCUT2D eigenvalue weighted by atomic mass is 9.85. The highest BCUT2D eigenvalue weighted by Crippen LogP contribution is 2.37. The zero-order valence-corrected chi connectivity index (χ0v) is 13.3. The van der Waals surface area contributed by atoms with Crippen LogP contribution >= 0.6 is 0 Å². The lowest BCUT2D eigenvalue weighted by molar-refractivity contribution is -0.119. The van der Waals surface area contributed by atoms with E-state index in [4.69, 9.17) is 4.74 Å². The van der Waals surface area contributed by atoms with Crippen LogP contribution in [0.1, 0.15) is 29.8 Å². The second kappa shape index (κ2) is 5.43. The highest BCUT2D eigenvalue weighted by molar-refractivity contribution is 6.09. The van der Waals surface area contributed by atoms with Gasteiger partial charge in [0.1, 0.15) is 5.75 Å². The molecule has 23 heavy (non-hydrogen) atoms. The zero-order chi connectivity index (χ0) is 16.6. The summed E-state index contributed by atoms with van der Waals surface area (Å²) in [6.45, 7) is 3.69. The number of carbonyl (C=O) groups is 2. The van der Waals surface area contributed by atoms with Gasteiger partial charge in [0.25, 0.3) is 5.91 Å². The molecule has 0 atom stereocenters. The molecule has 0 aliphatic carbocycles. The molecule has 1 aliphatic heterocycles. The Bertz CT molecular complexity index is 797. The molecule has 118 valence electrons. The first kappa shape index (κ1) is 15.1. The third-order valence-corrected chi connectivity index (χ3v) is 4.13. The van der Waals surface area contributed by atoms with Crippen molar-refractivity contribution in [3.8, 4) is 5.75 Å². The van der Waals surface area contributed by atoms with E-state index in [2.05, 4.69) is 10.6 Å². The van der Waals surface area contributed by atoms with E-state index in [1.807, 2.05) is 26.0 Å². The van der Waals surface area contributed by atoms with Gasteiger partial charge in [-0.3, -0.25) is 9.59 Å². The predicted octanol–water partition coefficient (Wildman–Crippen LogP) is 3.18. The van der Waals surface area contributed by atoms with Gasteiger partial charge in [-0.15, -0.1) is 0 Å². The van der Waals surface area contributed by atoms with Gasteiger partial charge < -0.3 is 15.4 Å². The molecule has 0 saturated heterocycles. The first-order valence-electron chi connectivity index (χ1n) is 7.34. The Morgan fingerprint density at radius 2 is 1.91 bits per heavy atom. The van der Waals surface area contributed by atoms with E-state index < -0.39 is 5.41 Å². The quantitative estimate of drug-likeness (QED) is 0.915. The maximum Gasteiger partial charge on any atom is 0.255 e. The number of fused-ring (bicyclic) bond motifs is 1. The van der Waals surface area contributed by atoms with Crippen molar-refractivity contribution in [2.45, 2.75) is 19.3 Å². The molecule has 3 rings (SSSR count). The Balaban J connectivity index is 1.90. The van der Waals surface area contributed by atoms with Crippen LogP contribution in [0.15, 0.2) is 42.5 Å². The van der Waals surface area contributed by atoms with Crippen LogP contribution in [0.5, 0.6) is 5.75 Å². The molecule has 0 fully saturated rings. The summed E-state index contributed by atoms with van der Waals surface area (Å²) in [5, 5.41) is 5.67. The van der Waals surface area contributed by atoms with Gasteiger partial charge in [0.05, 0.1) is 18.2 Å². The van der Waals surface area contributed by atoms with Gasteiger partial charge in [0.2, 0.25) is 5.91 Å². The first-order chi connectivity index (χ1) is 10.9. The van der Waals surface area contributed by atoms with Crippen molar-refractivity contribution in [1.29, 1.82) is 0 Å². The summed E-state index contributed by atoms with van der Waals surface area (Å²) in [7, 11) is 1.56. The highest BCUT2D eigenvalue weighted by Gasteiger charge is 2.38. The smallest absolute Gasteiger partial charge is 0.255 e. The number of methoxy groups -OCH3 is 1. The van der Waals surface area contributed by atoms with Gasteiger partial charge in [0.15, 0.2) is 0 Å². The summed E-state index contributed by atoms with van der Waals surface area (Å²) in [5.74, 6) is 0.293. The molecule has 1 heterocycles. The minimum Gasteiger partial charge on any atom is -0.495 e. The number of carbonyl (C=O) groups excluding carboxylic acids is 2. The van der Waals surface area contributed by atoms with Crippen molar-refractivity contribution in [2.24, 2.45) is 0 Å². The summed E-state index contributed by atoms with van der Waals surface area (Å²) in [5.41, 5.74) is 2.05. The van der Waals surface area contributed by atoms with E-state index in [0.29, 0.717) is 17.0 Å². The zero-order valence-electron chi connectivity index (χ0n) is 13.3. The van der Waals surface area contributed by atoms with Gasteiger partial charge in [-0.05, 0) is 49.7 Å². The highest BCUT2D eigenvalue weighted by atomic mass is 16.5. The normalized spacial score (nSPS) is 14.8. The van der Waals surface area contributed by atoms with E-state index in [1.54, 1.807) is 37.4 Å². The fraction of sp³-hybridized carbons (Fsp3) is 0.222. The Morgan fingerprint density at radius 3 is 2.65 bits per heavy atom. The first-order valence-corrected chi connectivity index (χ1v) is 7.34. The number of hydrogen-bond donors (Lipinski definition) is 2. The van der Waals surface area contributed by atoms with Crippen LogP contribution in [0.3, 0.4) is 0 Å². The van der Waals surface area contributed by atoms with Gasteiger partial charge in [-0.1, -0.05) is 12.1 Å². The number of ether oxygens (including phenoxy) is 1. The number of nitrogens with one attached hydrogen (secondary N) is 2. The number of para-hydroxylation sites is 2. The molecule has 0 bridgehead atoms. The molecule has 0 saturated carbocycles. The van der Waals surface area contributed by atoms with Crippen LogP contribution in [-0.4, -0.2) is 18.9 Å². The van der Waals surface area contributed by atoms with Crippen LogP contribution < -0.4 is 15.4 Å². The molecule has 0 unspecified atom stereocenters. The van der Waals surface area contributed by atoms with E-state index in [9.17, 15) is 9.59 Å². The van der Waals surface area contributed by atoms with Gasteiger partial charge >= 0.3 is 0 Å². The van der Waals surface area contributed by atoms with Crippen LogP contribution in [0.4, 0.5) is 11.4 Å². The minimum atomic E-state index is -0.643. The fourth-order valence-electron chi connectivity index (χ4n) is 2.65. The summed E-state index contributed by atoms with van der Waals surface area (Å²) in [4.78, 5) is 24.5. The molecule has 0 spiro atoms. The van der Waals surface area contributed by atoms with Crippen molar-refractivity contribution in [3.63, 3.8) is 0 Å². The lowest BCUT2D eigenvalue weighted by Gasteiger charge is -2.16. The summed E-state index contributed by atoms with van der Waals surface area (Å²) in [6, 6.07) is 12.4. The second-order valence-corrected chi connectivity index (χ2v) is 5.99. The summed E-state index contributed by atoms with van der Waals surface area (Å²) < 4.78 is 5.23. The molecule has 0 radical (unpaired) electrons. The second-order valence-electron chi connectivity index (χ2n) is 5.99. The summed E-state index contributed by atoms with van der Waals surface area (Å²) in [6.07, 6.45) is 0. The third-order valence-electron chi connectivity index (χ3n) is 4.13. The maximum atomic E-state index is 12.5. The van der Waals surface area contributed by atoms with E-state index in [-0.39, 0.29) is 11.8 Å². The molecule has 2 N–H and O–H groups in total. The Morgan fingerprint density at radius 1 is 1.17 bits per heavy atom. The van der Waals surface area contributed by atoms with Gasteiger partial charge in [0, 0.05) is 11.3 Å². The SMILES string of the molecule is COc1ccccc1NC(=O)c1ccc2c(c1)C(C)(C)C(=O)N2. The molecule has 0 aromatic heterocycles. The fourth-order valence-corrected chi connectivity index (χ4v) is 2.65. The van der Waals surface area contributed by atoms with Crippen LogP contribution in [0.2, 0.25) is 0 Å². The molecule has 2 aromatic rings. The maximum absolute atomic E-state index is 12.5. The number of rotatable bonds is 3. The average molecular weight is 310 g/mol. The van der Waals surface area contributed by atoms with Crippen LogP contribution in [0, 0.1) is 0 Å². The van der Waals surface area contributed by atoms with E-state index >= 15 is 0 Å². The number of benzene rings is 2. The van der Waals surface area contributed by atoms with Crippen LogP contribution in [-0.2, 0) is 10.2 Å². The molecular formula is C18H18N2O3. The molecule has 2 aromatic carbocycles. The average Bonchev–Trinajstić information content (AvgIpc) is 2.77. The van der Waals surface area contributed by atoms with Gasteiger partial charge in [-0.2, -0.15) is 0 Å². The monoisotopic (exact) mass is 310 g/mol. The van der Waals surface area contributed by atoms with Crippen molar-refractivity contribution in [3.05, 3.63) is 53.6 Å². The Labute approximate surface area is 134 Å². The molecule has 1 aliphatic rings. The molecular weight excluding hydrogens is 292 g/mol. The number of amides is 2. The molecule has 5 nitrogen and oxygen atoms in total. The van der Waals surface area contributed by atoms with Crippen molar-refractivity contribution >= 4 is 23.2 Å². The molecule has 5 heteroatoms. The topological polar surface area (TPSA) is 67.4 Å². The lowest BCUT2D eigenvalue weighted by Crippen LogP contribution is -2.27. The van der Waals surface area contributed by atoms with Crippen molar-refractivity contribution in [1.82, 2.24) is 0 Å². The number of anilines is 2. The predicted molar refractivity (Wildman–Crippen MR) is 89.0 cm³/mol. The van der Waals surface area contributed by atoms with Crippen LogP contribution in [0.25, 0.3) is 0 Å². The van der Waals surface area contributed by atoms with E-state index in [1.165, 1.54) is 0 Å². The Hall–Kier alpha value is -2.82. The van der Waals surface area contributed by atoms with Crippen molar-refractivity contribution < 1.29 is 14.3 Å². The Kier molecular flexibility index (Phi) is 3.56. The third kappa shape index (κ3) is 2.54.